The number of anilines is 1. The predicted octanol–water partition coefficient (Wildman–Crippen LogP) is 3.61. The molecule has 3 rings (SSSR count). The third-order valence-electron chi connectivity index (χ3n) is 4.12. The second kappa shape index (κ2) is 9.43. The molecule has 0 bridgehead atoms. The molecule has 0 saturated carbocycles. The molecule has 1 N–H and O–H groups in total. The average molecular weight is 426 g/mol. The first-order valence-electron chi connectivity index (χ1n) is 9.18. The number of nitrogens with one attached hydrogen (secondary N) is 1. The summed E-state index contributed by atoms with van der Waals surface area (Å²) in [6.45, 7) is 2.18. The Kier molecular flexibility index (Phi) is 6.50. The van der Waals surface area contributed by atoms with Crippen molar-refractivity contribution in [2.75, 3.05) is 5.32 Å². The van der Waals surface area contributed by atoms with Gasteiger partial charge in [-0.15, -0.1) is 0 Å². The number of non-ortho nitro benzene ring substituents is 1. The number of aromatic nitrogens is 3. The number of hydrogen-bond donors (Lipinski definition) is 1. The second-order valence-electron chi connectivity index (χ2n) is 6.60. The van der Waals surface area contributed by atoms with Crippen molar-refractivity contribution in [3.63, 3.8) is 0 Å². The van der Waals surface area contributed by atoms with E-state index >= 15 is 0 Å². The van der Waals surface area contributed by atoms with Crippen molar-refractivity contribution in [2.24, 2.45) is 0 Å². The summed E-state index contributed by atoms with van der Waals surface area (Å²) < 4.78 is 6.95. The van der Waals surface area contributed by atoms with Gasteiger partial charge in [0.25, 0.3) is 5.69 Å². The van der Waals surface area contributed by atoms with E-state index < -0.39 is 15.8 Å². The Balaban J connectivity index is 1.62. The lowest BCUT2D eigenvalue weighted by Gasteiger charge is -2.10. The summed E-state index contributed by atoms with van der Waals surface area (Å²) in [5.41, 5.74) is 1.03. The molecule has 3 aromatic rings. The Morgan fingerprint density at radius 3 is 2.48 bits per heavy atom. The van der Waals surface area contributed by atoms with E-state index in [9.17, 15) is 25.0 Å². The lowest BCUT2D eigenvalue weighted by molar-refractivity contribution is -0.394. The van der Waals surface area contributed by atoms with Crippen LogP contribution in [0.5, 0.6) is 11.5 Å². The number of nitro groups is 2. The average Bonchev–Trinajstić information content (AvgIpc) is 3.19. The Bertz CT molecular complexity index is 1110. The van der Waals surface area contributed by atoms with Gasteiger partial charge in [0.05, 0.1) is 23.2 Å². The summed E-state index contributed by atoms with van der Waals surface area (Å²) in [5.74, 6) is -0.174. The lowest BCUT2D eigenvalue weighted by Crippen LogP contribution is -2.13. The maximum atomic E-state index is 12.2. The molecule has 0 aliphatic carbocycles. The highest BCUT2D eigenvalue weighted by Crippen LogP contribution is 2.30. The van der Waals surface area contributed by atoms with E-state index in [4.69, 9.17) is 4.74 Å². The molecule has 0 fully saturated rings. The highest BCUT2D eigenvalue weighted by atomic mass is 16.6. The molecular weight excluding hydrogens is 408 g/mol. The van der Waals surface area contributed by atoms with Gasteiger partial charge in [0, 0.05) is 23.7 Å². The molecule has 0 atom stereocenters. The number of ether oxygens (including phenoxy) is 1. The highest BCUT2D eigenvalue weighted by molar-refractivity contribution is 5.91. The normalized spacial score (nSPS) is 10.5. The number of carbonyl (C=O) groups excluding carboxylic acids is 1. The van der Waals surface area contributed by atoms with E-state index in [0.717, 1.165) is 5.56 Å². The fourth-order valence-electron chi connectivity index (χ4n) is 2.66. The van der Waals surface area contributed by atoms with Gasteiger partial charge in [-0.2, -0.15) is 4.68 Å². The van der Waals surface area contributed by atoms with Gasteiger partial charge in [-0.05, 0) is 30.4 Å². The van der Waals surface area contributed by atoms with Crippen molar-refractivity contribution in [3.8, 4) is 11.5 Å². The van der Waals surface area contributed by atoms with E-state index in [-0.39, 0.29) is 36.0 Å². The van der Waals surface area contributed by atoms with Crippen LogP contribution in [0.1, 0.15) is 18.4 Å². The third-order valence-corrected chi connectivity index (χ3v) is 4.12. The predicted molar refractivity (Wildman–Crippen MR) is 109 cm³/mol. The highest BCUT2D eigenvalue weighted by Gasteiger charge is 2.15. The van der Waals surface area contributed by atoms with Gasteiger partial charge in [0.2, 0.25) is 12.2 Å². The number of carbonyl (C=O) groups is 1. The summed E-state index contributed by atoms with van der Waals surface area (Å²) in [5, 5.41) is 28.1. The standard InChI is InChI=1S/C19H18N6O6/c1-13-4-6-16(7-5-13)31-17-10-14(9-15(11-17)24(27)28)21-18(26)3-2-8-23-12-20-19(22-23)25(29)30/h4-7,9-12H,2-3,8H2,1H3,(H,21,26). The topological polar surface area (TPSA) is 155 Å². The zero-order valence-corrected chi connectivity index (χ0v) is 16.4. The molecular formula is C19H18N6O6. The zero-order chi connectivity index (χ0) is 22.4. The van der Waals surface area contributed by atoms with Crippen LogP contribution in [-0.2, 0) is 11.3 Å². The van der Waals surface area contributed by atoms with Crippen LogP contribution in [0.3, 0.4) is 0 Å². The van der Waals surface area contributed by atoms with E-state index in [1.807, 2.05) is 19.1 Å². The largest absolute Gasteiger partial charge is 0.490 e. The Morgan fingerprint density at radius 2 is 1.84 bits per heavy atom. The number of benzene rings is 2. The van der Waals surface area contributed by atoms with Crippen LogP contribution in [0.4, 0.5) is 17.3 Å². The molecule has 31 heavy (non-hydrogen) atoms. The quantitative estimate of drug-likeness (QED) is 0.402. The van der Waals surface area contributed by atoms with Gasteiger partial charge in [-0.25, -0.2) is 0 Å². The molecule has 2 aromatic carbocycles. The molecule has 0 unspecified atom stereocenters. The van der Waals surface area contributed by atoms with Crippen LogP contribution in [0.2, 0.25) is 0 Å². The smallest absolute Gasteiger partial charge is 0.457 e. The van der Waals surface area contributed by atoms with E-state index in [1.165, 1.54) is 29.2 Å². The number of rotatable bonds is 9. The zero-order valence-electron chi connectivity index (χ0n) is 16.4. The van der Waals surface area contributed by atoms with Gasteiger partial charge in [-0.3, -0.25) is 14.9 Å². The van der Waals surface area contributed by atoms with Crippen molar-refractivity contribution < 1.29 is 19.4 Å². The first kappa shape index (κ1) is 21.4. The van der Waals surface area contributed by atoms with Gasteiger partial charge in [-0.1, -0.05) is 22.7 Å². The molecule has 0 saturated heterocycles. The molecule has 1 aromatic heterocycles. The van der Waals surface area contributed by atoms with E-state index in [1.54, 1.807) is 12.1 Å². The number of aryl methyl sites for hydroxylation is 2. The van der Waals surface area contributed by atoms with Gasteiger partial charge >= 0.3 is 5.95 Å². The summed E-state index contributed by atoms with van der Waals surface area (Å²) in [6, 6.07) is 11.2. The third kappa shape index (κ3) is 6.06. The number of nitro benzene ring substituents is 1. The molecule has 1 heterocycles. The fourth-order valence-corrected chi connectivity index (χ4v) is 2.66. The van der Waals surface area contributed by atoms with Gasteiger partial charge in [0.15, 0.2) is 0 Å². The minimum atomic E-state index is -0.707. The monoisotopic (exact) mass is 426 g/mol. The fraction of sp³-hybridized carbons (Fsp3) is 0.211. The van der Waals surface area contributed by atoms with Crippen LogP contribution in [0.25, 0.3) is 0 Å². The minimum Gasteiger partial charge on any atom is -0.457 e. The minimum absolute atomic E-state index is 0.0739. The van der Waals surface area contributed by atoms with Crippen molar-refractivity contribution >= 4 is 23.2 Å². The van der Waals surface area contributed by atoms with Gasteiger partial charge < -0.3 is 20.2 Å². The SMILES string of the molecule is Cc1ccc(Oc2cc(NC(=O)CCCn3cnc([N+](=O)[O-])n3)cc([N+](=O)[O-])c2)cc1. The number of hydrogen-bond acceptors (Lipinski definition) is 8. The van der Waals surface area contributed by atoms with Crippen LogP contribution >= 0.6 is 0 Å². The molecule has 1 amide bonds. The Morgan fingerprint density at radius 1 is 1.10 bits per heavy atom. The number of nitrogens with zero attached hydrogens (tertiary/aromatic N) is 5. The molecule has 0 radical (unpaired) electrons. The maximum Gasteiger partial charge on any atom is 0.490 e. The van der Waals surface area contributed by atoms with Crippen molar-refractivity contribution in [1.82, 2.24) is 14.8 Å². The molecule has 12 heteroatoms. The van der Waals surface area contributed by atoms with Crippen LogP contribution in [0.15, 0.2) is 48.8 Å². The maximum absolute atomic E-state index is 12.2. The molecule has 0 aliphatic heterocycles. The van der Waals surface area contributed by atoms with Crippen molar-refractivity contribution in [3.05, 3.63) is 74.6 Å². The van der Waals surface area contributed by atoms with Crippen LogP contribution in [-0.4, -0.2) is 30.5 Å². The summed E-state index contributed by atoms with van der Waals surface area (Å²) in [7, 11) is 0. The molecule has 160 valence electrons. The molecule has 0 aliphatic rings. The van der Waals surface area contributed by atoms with Crippen LogP contribution < -0.4 is 10.1 Å². The van der Waals surface area contributed by atoms with Gasteiger partial charge in [0.1, 0.15) is 11.5 Å². The first-order chi connectivity index (χ1) is 14.8. The number of amides is 1. The lowest BCUT2D eigenvalue weighted by atomic mass is 10.2. The molecule has 0 spiro atoms. The van der Waals surface area contributed by atoms with E-state index in [0.29, 0.717) is 12.2 Å². The van der Waals surface area contributed by atoms with Crippen LogP contribution in [0, 0.1) is 27.2 Å². The van der Waals surface area contributed by atoms with E-state index in [2.05, 4.69) is 15.4 Å². The Labute approximate surface area is 175 Å². The van der Waals surface area contributed by atoms with Crippen molar-refractivity contribution in [2.45, 2.75) is 26.3 Å². The summed E-state index contributed by atoms with van der Waals surface area (Å²) >= 11 is 0. The summed E-state index contributed by atoms with van der Waals surface area (Å²) in [6.07, 6.45) is 1.63. The van der Waals surface area contributed by atoms with Crippen molar-refractivity contribution in [1.29, 1.82) is 0 Å². The first-order valence-corrected chi connectivity index (χ1v) is 9.18. The molecule has 12 nitrogen and oxygen atoms in total. The Hall–Kier alpha value is -4.35. The summed E-state index contributed by atoms with van der Waals surface area (Å²) in [4.78, 5) is 36.3. The second-order valence-corrected chi connectivity index (χ2v) is 6.60.